The molecule has 4 N–H and O–H groups in total. The van der Waals surface area contributed by atoms with Gasteiger partial charge in [-0.2, -0.15) is 10.1 Å². The number of rotatable bonds is 9. The van der Waals surface area contributed by atoms with Crippen LogP contribution in [0.1, 0.15) is 61.8 Å². The topological polar surface area (TPSA) is 93.8 Å². The number of nitrogens with one attached hydrogen (secondary N) is 4. The first-order chi connectivity index (χ1) is 18.3. The van der Waals surface area contributed by atoms with Crippen molar-refractivity contribution >= 4 is 34.9 Å². The second kappa shape index (κ2) is 10.9. The van der Waals surface area contributed by atoms with Crippen LogP contribution in [0.25, 0.3) is 0 Å². The summed E-state index contributed by atoms with van der Waals surface area (Å²) in [4.78, 5) is 11.1. The minimum Gasteiger partial charge on any atom is -0.374 e. The molecule has 3 aromatic rings. The third-order valence-electron chi connectivity index (χ3n) is 7.89. The lowest BCUT2D eigenvalue weighted by atomic mass is 9.73. The van der Waals surface area contributed by atoms with Gasteiger partial charge in [0.25, 0.3) is 0 Å². The Kier molecular flexibility index (Phi) is 7.59. The highest BCUT2D eigenvalue weighted by Crippen LogP contribution is 2.41. The molecule has 0 bridgehead atoms. The number of halogens is 2. The fourth-order valence-electron chi connectivity index (χ4n) is 5.67. The molecule has 8 nitrogen and oxygen atoms in total. The molecule has 0 unspecified atom stereocenters. The molecule has 1 aromatic carbocycles. The zero-order valence-corrected chi connectivity index (χ0v) is 23.1. The Morgan fingerprint density at radius 1 is 1.21 bits per heavy atom. The third kappa shape index (κ3) is 5.35. The van der Waals surface area contributed by atoms with E-state index in [1.807, 2.05) is 26.0 Å². The Morgan fingerprint density at radius 3 is 2.61 bits per heavy atom. The van der Waals surface area contributed by atoms with Crippen molar-refractivity contribution in [1.29, 1.82) is 0 Å². The van der Waals surface area contributed by atoms with Crippen molar-refractivity contribution in [3.8, 4) is 0 Å². The van der Waals surface area contributed by atoms with Gasteiger partial charge in [0.2, 0.25) is 5.95 Å². The van der Waals surface area contributed by atoms with Crippen molar-refractivity contribution in [2.75, 3.05) is 30.3 Å². The van der Waals surface area contributed by atoms with Gasteiger partial charge < -0.3 is 20.9 Å². The molecule has 0 atom stereocenters. The summed E-state index contributed by atoms with van der Waals surface area (Å²) in [6.45, 7) is 13.4. The van der Waals surface area contributed by atoms with Gasteiger partial charge >= 0.3 is 0 Å². The highest BCUT2D eigenvalue weighted by Gasteiger charge is 2.41. The van der Waals surface area contributed by atoms with Crippen molar-refractivity contribution in [2.24, 2.45) is 0 Å². The first kappa shape index (κ1) is 26.4. The molecule has 1 saturated heterocycles. The maximum Gasteiger partial charge on any atom is 0.229 e. The normalized spacial score (nSPS) is 17.2. The molecule has 0 radical (unpaired) electrons. The van der Waals surface area contributed by atoms with Gasteiger partial charge in [-0.25, -0.2) is 9.37 Å². The molecule has 1 aliphatic carbocycles. The zero-order chi connectivity index (χ0) is 26.9. The molecule has 3 heterocycles. The number of H-pyrrole nitrogens is 1. The van der Waals surface area contributed by atoms with Crippen LogP contribution < -0.4 is 16.0 Å². The molecule has 2 aliphatic rings. The SMILES string of the molecule is C=C(N1CCC(c2cc(F)c(Nc3ncc(Cl)c(Nc4cc(C)[nH]n4)n3)cc2C)CC1)C1(NCC)CCC1. The van der Waals surface area contributed by atoms with E-state index in [9.17, 15) is 0 Å². The number of nitrogens with zero attached hydrogens (tertiary/aromatic N) is 4. The summed E-state index contributed by atoms with van der Waals surface area (Å²) in [5.74, 6) is 1.20. The van der Waals surface area contributed by atoms with Crippen molar-refractivity contribution < 1.29 is 4.39 Å². The summed E-state index contributed by atoms with van der Waals surface area (Å²) in [5, 5.41) is 17.1. The zero-order valence-electron chi connectivity index (χ0n) is 22.3. The summed E-state index contributed by atoms with van der Waals surface area (Å²) in [7, 11) is 0. The largest absolute Gasteiger partial charge is 0.374 e. The van der Waals surface area contributed by atoms with E-state index < -0.39 is 0 Å². The summed E-state index contributed by atoms with van der Waals surface area (Å²) in [5.41, 5.74) is 4.65. The Bertz CT molecular complexity index is 1310. The summed E-state index contributed by atoms with van der Waals surface area (Å²) in [6.07, 6.45) is 7.02. The van der Waals surface area contributed by atoms with Crippen LogP contribution in [0.2, 0.25) is 5.02 Å². The van der Waals surface area contributed by atoms with E-state index >= 15 is 4.39 Å². The molecule has 1 saturated carbocycles. The lowest BCUT2D eigenvalue weighted by Gasteiger charge is -2.49. The Morgan fingerprint density at radius 2 is 1.97 bits per heavy atom. The van der Waals surface area contributed by atoms with Crippen LogP contribution in [0.4, 0.5) is 27.7 Å². The number of piperidine rings is 1. The highest BCUT2D eigenvalue weighted by atomic mass is 35.5. The van der Waals surface area contributed by atoms with E-state index in [2.05, 4.69) is 54.5 Å². The van der Waals surface area contributed by atoms with Crippen LogP contribution >= 0.6 is 11.6 Å². The number of hydrogen-bond donors (Lipinski definition) is 4. The molecule has 0 spiro atoms. The van der Waals surface area contributed by atoms with Gasteiger partial charge in [0, 0.05) is 30.5 Å². The first-order valence-electron chi connectivity index (χ1n) is 13.4. The van der Waals surface area contributed by atoms with E-state index in [4.69, 9.17) is 11.6 Å². The minimum atomic E-state index is -0.325. The van der Waals surface area contributed by atoms with Crippen molar-refractivity contribution in [3.05, 3.63) is 64.3 Å². The smallest absolute Gasteiger partial charge is 0.229 e. The van der Waals surface area contributed by atoms with Crippen LogP contribution in [-0.2, 0) is 0 Å². The second-order valence-electron chi connectivity index (χ2n) is 10.4. The molecule has 0 amide bonds. The van der Waals surface area contributed by atoms with Gasteiger partial charge in [0.15, 0.2) is 11.6 Å². The van der Waals surface area contributed by atoms with Crippen LogP contribution in [0.5, 0.6) is 0 Å². The van der Waals surface area contributed by atoms with Crippen LogP contribution in [-0.4, -0.2) is 50.2 Å². The van der Waals surface area contributed by atoms with Crippen LogP contribution in [0, 0.1) is 19.7 Å². The fourth-order valence-corrected chi connectivity index (χ4v) is 5.81. The lowest BCUT2D eigenvalue weighted by molar-refractivity contribution is 0.150. The summed E-state index contributed by atoms with van der Waals surface area (Å²) >= 11 is 6.26. The number of likely N-dealkylation sites (N-methyl/N-ethyl adjacent to an activating group) is 1. The lowest BCUT2D eigenvalue weighted by Crippen LogP contribution is -2.56. The molecule has 1 aliphatic heterocycles. The van der Waals surface area contributed by atoms with E-state index in [-0.39, 0.29) is 17.3 Å². The summed E-state index contributed by atoms with van der Waals surface area (Å²) in [6, 6.07) is 5.34. The molecule has 5 rings (SSSR count). The van der Waals surface area contributed by atoms with Crippen LogP contribution in [0.15, 0.2) is 36.7 Å². The van der Waals surface area contributed by atoms with E-state index in [0.717, 1.165) is 62.1 Å². The molecular formula is C28H36ClFN8. The fraction of sp³-hybridized carbons (Fsp3) is 0.464. The number of aromatic amines is 1. The number of aryl methyl sites for hydroxylation is 2. The number of benzene rings is 1. The van der Waals surface area contributed by atoms with Crippen LogP contribution in [0.3, 0.4) is 0 Å². The number of likely N-dealkylation sites (tertiary alicyclic amines) is 1. The van der Waals surface area contributed by atoms with Crippen molar-refractivity contribution in [2.45, 2.75) is 64.3 Å². The summed E-state index contributed by atoms with van der Waals surface area (Å²) < 4.78 is 15.3. The molecule has 2 fully saturated rings. The Balaban J connectivity index is 1.25. The molecular weight excluding hydrogens is 503 g/mol. The molecule has 10 heteroatoms. The van der Waals surface area contributed by atoms with Gasteiger partial charge in [-0.15, -0.1) is 0 Å². The Hall–Kier alpha value is -3.17. The second-order valence-corrected chi connectivity index (χ2v) is 10.8. The number of aromatic nitrogens is 4. The molecule has 202 valence electrons. The van der Waals surface area contributed by atoms with Gasteiger partial charge in [-0.05, 0) is 81.7 Å². The standard InChI is InChI=1S/C28H36ClFN8/c1-5-32-28(9-6-10-28)19(4)38-11-7-20(8-12-38)21-15-23(30)24(13-17(21)2)33-27-31-16-22(29)26(35-27)34-25-14-18(3)36-37-25/h13-16,20,32H,4-12H2,1-3H3,(H3,31,33,34,35,36,37). The van der Waals surface area contributed by atoms with Crippen molar-refractivity contribution in [3.63, 3.8) is 0 Å². The number of anilines is 4. The minimum absolute atomic E-state index is 0.0765. The van der Waals surface area contributed by atoms with Gasteiger partial charge in [-0.3, -0.25) is 5.10 Å². The maximum atomic E-state index is 15.3. The van der Waals surface area contributed by atoms with E-state index in [0.29, 0.717) is 28.3 Å². The quantitative estimate of drug-likeness (QED) is 0.253. The predicted molar refractivity (Wildman–Crippen MR) is 151 cm³/mol. The number of hydrogen-bond acceptors (Lipinski definition) is 7. The maximum absolute atomic E-state index is 15.3. The Labute approximate surface area is 228 Å². The van der Waals surface area contributed by atoms with Crippen molar-refractivity contribution in [1.82, 2.24) is 30.4 Å². The predicted octanol–water partition coefficient (Wildman–Crippen LogP) is 6.32. The van der Waals surface area contributed by atoms with E-state index in [1.165, 1.54) is 18.3 Å². The monoisotopic (exact) mass is 538 g/mol. The average molecular weight is 539 g/mol. The molecule has 38 heavy (non-hydrogen) atoms. The highest BCUT2D eigenvalue weighted by molar-refractivity contribution is 6.32. The average Bonchev–Trinajstić information content (AvgIpc) is 3.29. The molecule has 2 aromatic heterocycles. The van der Waals surface area contributed by atoms with Gasteiger partial charge in [0.1, 0.15) is 10.8 Å². The van der Waals surface area contributed by atoms with E-state index in [1.54, 1.807) is 6.07 Å². The van der Waals surface area contributed by atoms with Gasteiger partial charge in [-0.1, -0.05) is 25.1 Å². The third-order valence-corrected chi connectivity index (χ3v) is 8.17. The first-order valence-corrected chi connectivity index (χ1v) is 13.7. The van der Waals surface area contributed by atoms with Gasteiger partial charge in [0.05, 0.1) is 17.4 Å².